The van der Waals surface area contributed by atoms with Crippen LogP contribution < -0.4 is 0 Å². The molecule has 2 aliphatic rings. The van der Waals surface area contributed by atoms with Crippen molar-refractivity contribution in [3.63, 3.8) is 0 Å². The molecule has 0 aliphatic carbocycles. The molecule has 0 spiro atoms. The number of aliphatic carboxylic acids is 1. The second-order valence-electron chi connectivity index (χ2n) is 8.42. The quantitative estimate of drug-likeness (QED) is 0.628. The molecule has 3 heterocycles. The fraction of sp³-hybridized carbons (Fsp3) is 0.364. The van der Waals surface area contributed by atoms with Gasteiger partial charge >= 0.3 is 5.97 Å². The van der Waals surface area contributed by atoms with E-state index in [4.69, 9.17) is 0 Å². The Balaban J connectivity index is 1.48. The fourth-order valence-electron chi connectivity index (χ4n) is 5.15. The third kappa shape index (κ3) is 3.47. The van der Waals surface area contributed by atoms with E-state index in [2.05, 4.69) is 5.10 Å². The SMILES string of the molecule is O=C(O)Cc1nn(C2C[C@H]3CC[C@@H](C2)N3S(=O)(=O)c2ccc(F)cc2)c2cc(F)ccc12. The van der Waals surface area contributed by atoms with Crippen LogP contribution in [0.4, 0.5) is 8.78 Å². The van der Waals surface area contributed by atoms with Gasteiger partial charge in [0.2, 0.25) is 10.0 Å². The summed E-state index contributed by atoms with van der Waals surface area (Å²) in [6, 6.07) is 8.28. The number of halogens is 2. The van der Waals surface area contributed by atoms with E-state index < -0.39 is 27.6 Å². The van der Waals surface area contributed by atoms with Gasteiger partial charge in [-0.15, -0.1) is 0 Å². The molecule has 1 unspecified atom stereocenters. The highest BCUT2D eigenvalue weighted by Gasteiger charge is 2.48. The van der Waals surface area contributed by atoms with Crippen molar-refractivity contribution < 1.29 is 27.1 Å². The largest absolute Gasteiger partial charge is 0.481 e. The number of piperidine rings is 1. The van der Waals surface area contributed by atoms with Crippen LogP contribution in [0.3, 0.4) is 0 Å². The molecule has 10 heteroatoms. The van der Waals surface area contributed by atoms with Crippen LogP contribution in [0.25, 0.3) is 10.9 Å². The van der Waals surface area contributed by atoms with Gasteiger partial charge in [-0.25, -0.2) is 17.2 Å². The molecule has 1 N–H and O–H groups in total. The van der Waals surface area contributed by atoms with Gasteiger partial charge in [0.1, 0.15) is 11.6 Å². The number of sulfonamides is 1. The van der Waals surface area contributed by atoms with Gasteiger partial charge < -0.3 is 5.11 Å². The van der Waals surface area contributed by atoms with Gasteiger partial charge in [-0.05, 0) is 68.1 Å². The lowest BCUT2D eigenvalue weighted by molar-refractivity contribution is -0.136. The van der Waals surface area contributed by atoms with Gasteiger partial charge in [-0.1, -0.05) is 0 Å². The number of nitrogens with zero attached hydrogens (tertiary/aromatic N) is 3. The third-order valence-corrected chi connectivity index (χ3v) is 8.46. The maximum absolute atomic E-state index is 14.0. The molecule has 3 atom stereocenters. The summed E-state index contributed by atoms with van der Waals surface area (Å²) in [5, 5.41) is 14.3. The first-order chi connectivity index (χ1) is 15.2. The molecule has 168 valence electrons. The number of carbonyl (C=O) groups is 1. The average molecular weight is 461 g/mol. The summed E-state index contributed by atoms with van der Waals surface area (Å²) in [5.41, 5.74) is 0.877. The molecule has 1 aromatic heterocycles. The van der Waals surface area contributed by atoms with E-state index in [-0.39, 0.29) is 29.4 Å². The van der Waals surface area contributed by atoms with Crippen LogP contribution in [-0.4, -0.2) is 45.7 Å². The molecule has 2 aromatic carbocycles. The van der Waals surface area contributed by atoms with Crippen LogP contribution in [0.15, 0.2) is 47.4 Å². The van der Waals surface area contributed by atoms with Crippen molar-refractivity contribution in [2.24, 2.45) is 0 Å². The van der Waals surface area contributed by atoms with Gasteiger partial charge in [0.05, 0.1) is 28.6 Å². The topological polar surface area (TPSA) is 92.5 Å². The molecule has 0 amide bonds. The Labute approximate surface area is 183 Å². The summed E-state index contributed by atoms with van der Waals surface area (Å²) in [7, 11) is -3.78. The van der Waals surface area contributed by atoms with Gasteiger partial charge in [-0.2, -0.15) is 9.40 Å². The summed E-state index contributed by atoms with van der Waals surface area (Å²) in [6.07, 6.45) is 2.07. The van der Waals surface area contributed by atoms with Crippen molar-refractivity contribution in [1.82, 2.24) is 14.1 Å². The van der Waals surface area contributed by atoms with E-state index in [1.54, 1.807) is 4.68 Å². The van der Waals surface area contributed by atoms with E-state index >= 15 is 0 Å². The zero-order chi connectivity index (χ0) is 22.6. The Hall–Kier alpha value is -2.85. The Morgan fingerprint density at radius 1 is 1.00 bits per heavy atom. The highest BCUT2D eigenvalue weighted by molar-refractivity contribution is 7.89. The number of carboxylic acids is 1. The van der Waals surface area contributed by atoms with Gasteiger partial charge in [0.25, 0.3) is 0 Å². The van der Waals surface area contributed by atoms with Crippen molar-refractivity contribution in [3.8, 4) is 0 Å². The van der Waals surface area contributed by atoms with Crippen LogP contribution in [0.2, 0.25) is 0 Å². The summed E-state index contributed by atoms with van der Waals surface area (Å²) in [5.74, 6) is -1.97. The number of aromatic nitrogens is 2. The smallest absolute Gasteiger partial charge is 0.309 e. The molecular weight excluding hydrogens is 440 g/mol. The molecule has 2 fully saturated rings. The molecule has 3 aromatic rings. The number of carboxylic acid groups (broad SMARTS) is 1. The zero-order valence-electron chi connectivity index (χ0n) is 17.0. The second kappa shape index (κ2) is 7.63. The first-order valence-corrected chi connectivity index (χ1v) is 11.9. The summed E-state index contributed by atoms with van der Waals surface area (Å²) < 4.78 is 57.0. The lowest BCUT2D eigenvalue weighted by atomic mass is 9.99. The standard InChI is InChI=1S/C22H21F2N3O4S/c23-13-1-6-18(7-2-13)32(30,31)27-15-4-5-16(27)11-17(10-15)26-21-9-14(24)3-8-19(21)20(25-26)12-22(28)29/h1-3,6-9,15-17H,4-5,10-12H2,(H,28,29)/t15-,16+,17?. The van der Waals surface area contributed by atoms with Gasteiger partial charge in [0.15, 0.2) is 0 Å². The van der Waals surface area contributed by atoms with Crippen LogP contribution in [0.5, 0.6) is 0 Å². The van der Waals surface area contributed by atoms with E-state index in [1.165, 1.54) is 34.6 Å². The summed E-state index contributed by atoms with van der Waals surface area (Å²) in [6.45, 7) is 0. The molecule has 5 rings (SSSR count). The highest BCUT2D eigenvalue weighted by Crippen LogP contribution is 2.44. The lowest BCUT2D eigenvalue weighted by Crippen LogP contribution is -2.46. The molecule has 0 saturated carbocycles. The summed E-state index contributed by atoms with van der Waals surface area (Å²) in [4.78, 5) is 11.3. The predicted octanol–water partition coefficient (Wildman–Crippen LogP) is 3.50. The van der Waals surface area contributed by atoms with Crippen molar-refractivity contribution in [1.29, 1.82) is 0 Å². The minimum Gasteiger partial charge on any atom is -0.481 e. The van der Waals surface area contributed by atoms with Crippen molar-refractivity contribution >= 4 is 26.9 Å². The highest BCUT2D eigenvalue weighted by atomic mass is 32.2. The van der Waals surface area contributed by atoms with Crippen molar-refractivity contribution in [2.45, 2.75) is 55.1 Å². The van der Waals surface area contributed by atoms with Gasteiger partial charge in [0, 0.05) is 17.5 Å². The average Bonchev–Trinajstić information content (AvgIpc) is 3.22. The Morgan fingerprint density at radius 2 is 1.62 bits per heavy atom. The molecule has 2 bridgehead atoms. The molecule has 32 heavy (non-hydrogen) atoms. The van der Waals surface area contributed by atoms with Crippen LogP contribution in [0, 0.1) is 11.6 Å². The molecule has 2 saturated heterocycles. The first-order valence-electron chi connectivity index (χ1n) is 10.4. The van der Waals surface area contributed by atoms with Crippen LogP contribution >= 0.6 is 0 Å². The summed E-state index contributed by atoms with van der Waals surface area (Å²) >= 11 is 0. The van der Waals surface area contributed by atoms with E-state index in [0.29, 0.717) is 42.3 Å². The second-order valence-corrected chi connectivity index (χ2v) is 10.3. The van der Waals surface area contributed by atoms with Gasteiger partial charge in [-0.3, -0.25) is 9.48 Å². The molecule has 7 nitrogen and oxygen atoms in total. The molecular formula is C22H21F2N3O4S. The lowest BCUT2D eigenvalue weighted by Gasteiger charge is -2.38. The fourth-order valence-corrected chi connectivity index (χ4v) is 7.05. The predicted molar refractivity (Wildman–Crippen MR) is 112 cm³/mol. The van der Waals surface area contributed by atoms with Crippen molar-refractivity contribution in [3.05, 3.63) is 59.8 Å². The Bertz CT molecular complexity index is 1290. The molecule has 2 aliphatic heterocycles. The number of rotatable bonds is 5. The van der Waals surface area contributed by atoms with Crippen LogP contribution in [-0.2, 0) is 21.2 Å². The molecule has 0 radical (unpaired) electrons. The number of fused-ring (bicyclic) bond motifs is 3. The number of hydrogen-bond acceptors (Lipinski definition) is 4. The van der Waals surface area contributed by atoms with Crippen LogP contribution in [0.1, 0.15) is 37.4 Å². The van der Waals surface area contributed by atoms with E-state index in [0.717, 1.165) is 12.1 Å². The first kappa shape index (κ1) is 21.0. The van der Waals surface area contributed by atoms with E-state index in [1.807, 2.05) is 0 Å². The minimum absolute atomic E-state index is 0.0598. The number of hydrogen-bond donors (Lipinski definition) is 1. The minimum atomic E-state index is -3.78. The van der Waals surface area contributed by atoms with Crippen molar-refractivity contribution in [2.75, 3.05) is 0 Å². The monoisotopic (exact) mass is 461 g/mol. The van der Waals surface area contributed by atoms with E-state index in [9.17, 15) is 27.1 Å². The maximum Gasteiger partial charge on any atom is 0.309 e. The zero-order valence-corrected chi connectivity index (χ0v) is 17.8. The Kier molecular flexibility index (Phi) is 5.01. The third-order valence-electron chi connectivity index (χ3n) is 6.44. The number of benzene rings is 2. The Morgan fingerprint density at radius 3 is 2.25 bits per heavy atom. The normalized spacial score (nSPS) is 23.6. The maximum atomic E-state index is 14.0.